The van der Waals surface area contributed by atoms with Crippen molar-refractivity contribution in [3.8, 4) is 0 Å². The zero-order valence-electron chi connectivity index (χ0n) is 10.0. The number of pyridine rings is 1. The van der Waals surface area contributed by atoms with Gasteiger partial charge < -0.3 is 10.4 Å². The molecule has 6 heteroatoms. The summed E-state index contributed by atoms with van der Waals surface area (Å²) < 4.78 is 12.9. The van der Waals surface area contributed by atoms with Gasteiger partial charge in [-0.2, -0.15) is 0 Å². The third kappa shape index (κ3) is 4.48. The van der Waals surface area contributed by atoms with Gasteiger partial charge in [0.2, 0.25) is 0 Å². The van der Waals surface area contributed by atoms with Crippen molar-refractivity contribution < 1.29 is 19.1 Å². The van der Waals surface area contributed by atoms with Crippen LogP contribution in [-0.2, 0) is 4.79 Å². The molecule has 0 aliphatic heterocycles. The van der Waals surface area contributed by atoms with E-state index in [0.717, 1.165) is 18.7 Å². The van der Waals surface area contributed by atoms with E-state index in [1.54, 1.807) is 0 Å². The molecule has 1 rings (SSSR count). The Balaban J connectivity index is 2.68. The minimum absolute atomic E-state index is 0.0847. The van der Waals surface area contributed by atoms with Crippen LogP contribution in [0.5, 0.6) is 0 Å². The summed E-state index contributed by atoms with van der Waals surface area (Å²) in [7, 11) is 0. The minimum atomic E-state index is -0.980. The molecule has 1 amide bonds. The number of halogens is 1. The van der Waals surface area contributed by atoms with Gasteiger partial charge in [-0.05, 0) is 12.5 Å². The van der Waals surface area contributed by atoms with E-state index in [9.17, 15) is 14.0 Å². The summed E-state index contributed by atoms with van der Waals surface area (Å²) in [6.07, 6.45) is 3.39. The van der Waals surface area contributed by atoms with Gasteiger partial charge in [-0.1, -0.05) is 13.3 Å². The number of rotatable bonds is 6. The van der Waals surface area contributed by atoms with Crippen LogP contribution in [0.4, 0.5) is 4.39 Å². The molecule has 0 aliphatic carbocycles. The van der Waals surface area contributed by atoms with Crippen LogP contribution in [0, 0.1) is 5.82 Å². The van der Waals surface area contributed by atoms with Crippen LogP contribution in [0.15, 0.2) is 18.5 Å². The van der Waals surface area contributed by atoms with E-state index in [-0.39, 0.29) is 12.0 Å². The SMILES string of the molecule is CCC[C@@H](CC(=O)O)NC(=O)c1cncc(F)c1. The maximum Gasteiger partial charge on any atom is 0.305 e. The van der Waals surface area contributed by atoms with Crippen LogP contribution in [-0.4, -0.2) is 28.0 Å². The highest BCUT2D eigenvalue weighted by Crippen LogP contribution is 2.05. The molecule has 0 radical (unpaired) electrons. The molecule has 5 nitrogen and oxygen atoms in total. The summed E-state index contributed by atoms with van der Waals surface area (Å²) >= 11 is 0. The van der Waals surface area contributed by atoms with E-state index in [1.807, 2.05) is 6.92 Å². The average Bonchev–Trinajstić information content (AvgIpc) is 2.28. The van der Waals surface area contributed by atoms with Crippen LogP contribution >= 0.6 is 0 Å². The molecule has 0 saturated heterocycles. The number of amides is 1. The summed E-state index contributed by atoms with van der Waals surface area (Å²) in [5.74, 6) is -2.10. The average molecular weight is 254 g/mol. The lowest BCUT2D eigenvalue weighted by Gasteiger charge is -2.15. The fraction of sp³-hybridized carbons (Fsp3) is 0.417. The second kappa shape index (κ2) is 6.68. The van der Waals surface area contributed by atoms with Gasteiger partial charge in [0.15, 0.2) is 0 Å². The van der Waals surface area contributed by atoms with Gasteiger partial charge in [-0.25, -0.2) is 4.39 Å². The van der Waals surface area contributed by atoms with Crippen LogP contribution in [0.3, 0.4) is 0 Å². The Morgan fingerprint density at radius 2 is 2.22 bits per heavy atom. The molecule has 0 aliphatic rings. The number of nitrogens with one attached hydrogen (secondary N) is 1. The van der Waals surface area contributed by atoms with Gasteiger partial charge in [0.25, 0.3) is 5.91 Å². The number of aromatic nitrogens is 1. The van der Waals surface area contributed by atoms with Crippen molar-refractivity contribution in [3.63, 3.8) is 0 Å². The monoisotopic (exact) mass is 254 g/mol. The van der Waals surface area contributed by atoms with Crippen molar-refractivity contribution in [2.75, 3.05) is 0 Å². The summed E-state index contributed by atoms with van der Waals surface area (Å²) in [5.41, 5.74) is 0.0847. The molecule has 0 spiro atoms. The Bertz CT molecular complexity index is 437. The van der Waals surface area contributed by atoms with Gasteiger partial charge in [0.05, 0.1) is 18.2 Å². The lowest BCUT2D eigenvalue weighted by molar-refractivity contribution is -0.137. The zero-order chi connectivity index (χ0) is 13.5. The number of carboxylic acids is 1. The zero-order valence-corrected chi connectivity index (χ0v) is 10.0. The van der Waals surface area contributed by atoms with Crippen molar-refractivity contribution in [1.29, 1.82) is 0 Å². The van der Waals surface area contributed by atoms with Gasteiger partial charge in [0.1, 0.15) is 5.82 Å². The van der Waals surface area contributed by atoms with Crippen molar-refractivity contribution in [3.05, 3.63) is 29.8 Å². The molecule has 18 heavy (non-hydrogen) atoms. The molecule has 1 aromatic heterocycles. The number of carbonyl (C=O) groups excluding carboxylic acids is 1. The van der Waals surface area contributed by atoms with Gasteiger partial charge >= 0.3 is 5.97 Å². The molecule has 0 aromatic carbocycles. The smallest absolute Gasteiger partial charge is 0.305 e. The second-order valence-electron chi connectivity index (χ2n) is 3.95. The molecule has 1 aromatic rings. The van der Waals surface area contributed by atoms with E-state index in [4.69, 9.17) is 5.11 Å². The standard InChI is InChI=1S/C12H15FN2O3/c1-2-3-10(5-11(16)17)15-12(18)8-4-9(13)7-14-6-8/h4,6-7,10H,2-3,5H2,1H3,(H,15,18)(H,16,17)/t10-/m0/s1. The third-order valence-electron chi connectivity index (χ3n) is 2.36. The van der Waals surface area contributed by atoms with Gasteiger partial charge in [-0.15, -0.1) is 0 Å². The Labute approximate surface area is 104 Å². The number of hydrogen-bond donors (Lipinski definition) is 2. The molecular formula is C12H15FN2O3. The van der Waals surface area contributed by atoms with E-state index in [1.165, 1.54) is 6.20 Å². The molecular weight excluding hydrogens is 239 g/mol. The number of hydrogen-bond acceptors (Lipinski definition) is 3. The molecule has 98 valence electrons. The molecule has 1 atom stereocenters. The first-order valence-electron chi connectivity index (χ1n) is 5.66. The maximum absolute atomic E-state index is 12.9. The molecule has 0 fully saturated rings. The lowest BCUT2D eigenvalue weighted by atomic mass is 10.1. The highest BCUT2D eigenvalue weighted by atomic mass is 19.1. The van der Waals surface area contributed by atoms with E-state index in [2.05, 4.69) is 10.3 Å². The predicted octanol–water partition coefficient (Wildman–Crippen LogP) is 1.59. The maximum atomic E-state index is 12.9. The molecule has 2 N–H and O–H groups in total. The minimum Gasteiger partial charge on any atom is -0.481 e. The largest absolute Gasteiger partial charge is 0.481 e. The van der Waals surface area contributed by atoms with Crippen molar-refractivity contribution in [2.24, 2.45) is 0 Å². The third-order valence-corrected chi connectivity index (χ3v) is 2.36. The lowest BCUT2D eigenvalue weighted by Crippen LogP contribution is -2.36. The highest BCUT2D eigenvalue weighted by Gasteiger charge is 2.16. The number of nitrogens with zero attached hydrogens (tertiary/aromatic N) is 1. The second-order valence-corrected chi connectivity index (χ2v) is 3.95. The molecule has 0 unspecified atom stereocenters. The van der Waals surface area contributed by atoms with E-state index < -0.39 is 23.7 Å². The van der Waals surface area contributed by atoms with Crippen LogP contribution in [0.2, 0.25) is 0 Å². The van der Waals surface area contributed by atoms with Crippen molar-refractivity contribution in [1.82, 2.24) is 10.3 Å². The molecule has 0 bridgehead atoms. The first-order chi connectivity index (χ1) is 8.52. The van der Waals surface area contributed by atoms with Gasteiger partial charge in [-0.3, -0.25) is 14.6 Å². The topological polar surface area (TPSA) is 79.3 Å². The van der Waals surface area contributed by atoms with Crippen LogP contribution < -0.4 is 5.32 Å². The Morgan fingerprint density at radius 3 is 2.78 bits per heavy atom. The van der Waals surface area contributed by atoms with E-state index >= 15 is 0 Å². The summed E-state index contributed by atoms with van der Waals surface area (Å²) in [5, 5.41) is 11.3. The molecule has 0 saturated carbocycles. The Kier molecular flexibility index (Phi) is 5.23. The van der Waals surface area contributed by atoms with Gasteiger partial charge in [0, 0.05) is 12.2 Å². The Morgan fingerprint density at radius 1 is 1.50 bits per heavy atom. The van der Waals surface area contributed by atoms with Crippen molar-refractivity contribution in [2.45, 2.75) is 32.2 Å². The van der Waals surface area contributed by atoms with Crippen LogP contribution in [0.1, 0.15) is 36.5 Å². The predicted molar refractivity (Wildman–Crippen MR) is 62.6 cm³/mol. The first kappa shape index (κ1) is 14.1. The van der Waals surface area contributed by atoms with Crippen molar-refractivity contribution >= 4 is 11.9 Å². The highest BCUT2D eigenvalue weighted by molar-refractivity contribution is 5.94. The fourth-order valence-electron chi connectivity index (χ4n) is 1.59. The summed E-state index contributed by atoms with van der Waals surface area (Å²) in [4.78, 5) is 26.0. The normalized spacial score (nSPS) is 11.9. The number of carboxylic acid groups (broad SMARTS) is 1. The summed E-state index contributed by atoms with van der Waals surface area (Å²) in [6.45, 7) is 1.89. The number of aliphatic carboxylic acids is 1. The summed E-state index contributed by atoms with van der Waals surface area (Å²) in [6, 6.07) is 0.606. The Hall–Kier alpha value is -1.98. The van der Waals surface area contributed by atoms with Crippen LogP contribution in [0.25, 0.3) is 0 Å². The fourth-order valence-corrected chi connectivity index (χ4v) is 1.59. The molecule has 1 heterocycles. The first-order valence-corrected chi connectivity index (χ1v) is 5.66. The quantitative estimate of drug-likeness (QED) is 0.808. The number of carbonyl (C=O) groups is 2. The van der Waals surface area contributed by atoms with E-state index in [0.29, 0.717) is 6.42 Å².